The van der Waals surface area contributed by atoms with Gasteiger partial charge < -0.3 is 10.4 Å². The molecule has 0 bridgehead atoms. The minimum Gasteiger partial charge on any atom is -0.396 e. The molecule has 0 atom stereocenters. The van der Waals surface area contributed by atoms with Gasteiger partial charge >= 0.3 is 0 Å². The van der Waals surface area contributed by atoms with Crippen LogP contribution in [0.5, 0.6) is 0 Å². The minimum absolute atomic E-state index is 0.0990. The van der Waals surface area contributed by atoms with Gasteiger partial charge in [-0.1, -0.05) is 20.8 Å². The Bertz CT molecular complexity index is 374. The highest BCUT2D eigenvalue weighted by atomic mass is 16.3. The van der Waals surface area contributed by atoms with Crippen molar-refractivity contribution in [2.24, 2.45) is 5.41 Å². The maximum atomic E-state index is 9.24. The van der Waals surface area contributed by atoms with Crippen molar-refractivity contribution in [2.75, 3.05) is 13.2 Å². The quantitative estimate of drug-likeness (QED) is 0.728. The molecule has 17 heavy (non-hydrogen) atoms. The molecule has 1 fully saturated rings. The highest BCUT2D eigenvalue weighted by Gasteiger charge is 2.41. The van der Waals surface area contributed by atoms with E-state index in [0.717, 1.165) is 25.9 Å². The number of H-pyrrole nitrogens is 1. The number of aromatic nitrogens is 2. The van der Waals surface area contributed by atoms with Gasteiger partial charge in [0.15, 0.2) is 0 Å². The summed E-state index contributed by atoms with van der Waals surface area (Å²) in [6.45, 7) is 8.57. The first-order valence-corrected chi connectivity index (χ1v) is 6.31. The van der Waals surface area contributed by atoms with Gasteiger partial charge in [0.25, 0.3) is 0 Å². The molecule has 4 heteroatoms. The van der Waals surface area contributed by atoms with Gasteiger partial charge in [-0.05, 0) is 12.8 Å². The molecule has 0 radical (unpaired) electrons. The summed E-state index contributed by atoms with van der Waals surface area (Å²) in [4.78, 5) is 0. The molecular weight excluding hydrogens is 214 g/mol. The second-order valence-electron chi connectivity index (χ2n) is 6.28. The predicted octanol–water partition coefficient (Wildman–Crippen LogP) is 1.57. The molecule has 1 aromatic heterocycles. The zero-order valence-corrected chi connectivity index (χ0v) is 11.0. The lowest BCUT2D eigenvalue weighted by Gasteiger charge is -2.19. The third kappa shape index (κ3) is 2.87. The second-order valence-corrected chi connectivity index (χ2v) is 6.28. The van der Waals surface area contributed by atoms with Crippen LogP contribution in [-0.4, -0.2) is 28.5 Å². The lowest BCUT2D eigenvalue weighted by molar-refractivity contribution is 0.207. The summed E-state index contributed by atoms with van der Waals surface area (Å²) >= 11 is 0. The van der Waals surface area contributed by atoms with E-state index in [1.165, 1.54) is 11.3 Å². The summed E-state index contributed by atoms with van der Waals surface area (Å²) in [6, 6.07) is 0. The Kier molecular flexibility index (Phi) is 3.27. The van der Waals surface area contributed by atoms with E-state index in [1.54, 1.807) is 0 Å². The van der Waals surface area contributed by atoms with Gasteiger partial charge in [-0.2, -0.15) is 5.10 Å². The van der Waals surface area contributed by atoms with Crippen molar-refractivity contribution in [3.63, 3.8) is 0 Å². The zero-order chi connectivity index (χ0) is 12.5. The van der Waals surface area contributed by atoms with Crippen LogP contribution in [0.2, 0.25) is 0 Å². The van der Waals surface area contributed by atoms with Gasteiger partial charge in [0.05, 0.1) is 6.20 Å². The fourth-order valence-corrected chi connectivity index (χ4v) is 2.12. The van der Waals surface area contributed by atoms with Crippen LogP contribution in [-0.2, 0) is 12.0 Å². The average molecular weight is 237 g/mol. The summed E-state index contributed by atoms with van der Waals surface area (Å²) in [7, 11) is 0. The molecule has 0 unspecified atom stereocenters. The third-order valence-electron chi connectivity index (χ3n) is 3.58. The van der Waals surface area contributed by atoms with Crippen LogP contribution in [0.4, 0.5) is 0 Å². The van der Waals surface area contributed by atoms with E-state index in [-0.39, 0.29) is 10.8 Å². The minimum atomic E-state index is 0.0990. The molecule has 4 nitrogen and oxygen atoms in total. The van der Waals surface area contributed by atoms with E-state index in [0.29, 0.717) is 6.61 Å². The molecule has 0 saturated heterocycles. The van der Waals surface area contributed by atoms with E-state index >= 15 is 0 Å². The van der Waals surface area contributed by atoms with Gasteiger partial charge in [-0.3, -0.25) is 5.10 Å². The van der Waals surface area contributed by atoms with Gasteiger partial charge in [-0.15, -0.1) is 0 Å². The molecule has 3 N–H and O–H groups in total. The maximum absolute atomic E-state index is 9.24. The average Bonchev–Trinajstić information content (AvgIpc) is 2.86. The number of nitrogens with one attached hydrogen (secondary N) is 2. The number of aliphatic hydroxyl groups excluding tert-OH is 1. The Balaban J connectivity index is 1.89. The van der Waals surface area contributed by atoms with E-state index in [9.17, 15) is 5.11 Å². The Hall–Kier alpha value is -0.870. The van der Waals surface area contributed by atoms with Crippen LogP contribution < -0.4 is 5.32 Å². The topological polar surface area (TPSA) is 60.9 Å². The third-order valence-corrected chi connectivity index (χ3v) is 3.58. The van der Waals surface area contributed by atoms with Crippen LogP contribution in [0.25, 0.3) is 0 Å². The normalized spacial score (nSPS) is 18.4. The first kappa shape index (κ1) is 12.6. The maximum Gasteiger partial charge on any atom is 0.0535 e. The van der Waals surface area contributed by atoms with E-state index in [1.807, 2.05) is 6.20 Å². The predicted molar refractivity (Wildman–Crippen MR) is 67.7 cm³/mol. The molecule has 96 valence electrons. The number of nitrogens with zero attached hydrogens (tertiary/aromatic N) is 1. The fraction of sp³-hybridized carbons (Fsp3) is 0.769. The summed E-state index contributed by atoms with van der Waals surface area (Å²) in [6.07, 6.45) is 4.19. The Morgan fingerprint density at radius 3 is 2.71 bits per heavy atom. The van der Waals surface area contributed by atoms with Gasteiger partial charge in [0.1, 0.15) is 0 Å². The van der Waals surface area contributed by atoms with Gasteiger partial charge in [0, 0.05) is 41.8 Å². The standard InChI is InChI=1S/C13H23N3O/c1-12(2,3)11-10(7-15-16-11)6-14-8-13(9-17)4-5-13/h7,14,17H,4-6,8-9H2,1-3H3,(H,15,16). The van der Waals surface area contributed by atoms with Crippen LogP contribution in [0.15, 0.2) is 6.20 Å². The molecule has 1 aromatic rings. The number of hydrogen-bond acceptors (Lipinski definition) is 3. The summed E-state index contributed by atoms with van der Waals surface area (Å²) < 4.78 is 0. The smallest absolute Gasteiger partial charge is 0.0535 e. The van der Waals surface area contributed by atoms with Gasteiger partial charge in [-0.25, -0.2) is 0 Å². The molecule has 1 heterocycles. The lowest BCUT2D eigenvalue weighted by Crippen LogP contribution is -2.27. The van der Waals surface area contributed by atoms with Crippen molar-refractivity contribution in [1.29, 1.82) is 0 Å². The molecule has 0 aromatic carbocycles. The van der Waals surface area contributed by atoms with Crippen molar-refractivity contribution in [2.45, 2.75) is 45.6 Å². The summed E-state index contributed by atoms with van der Waals surface area (Å²) in [5.41, 5.74) is 2.69. The first-order valence-electron chi connectivity index (χ1n) is 6.31. The number of aromatic amines is 1. The Morgan fingerprint density at radius 1 is 1.47 bits per heavy atom. The lowest BCUT2D eigenvalue weighted by atomic mass is 9.89. The Morgan fingerprint density at radius 2 is 2.18 bits per heavy atom. The fourth-order valence-electron chi connectivity index (χ4n) is 2.12. The van der Waals surface area contributed by atoms with Crippen LogP contribution in [0.3, 0.4) is 0 Å². The summed E-state index contributed by atoms with van der Waals surface area (Å²) in [5, 5.41) is 19.9. The van der Waals surface area contributed by atoms with Crippen LogP contribution >= 0.6 is 0 Å². The van der Waals surface area contributed by atoms with E-state index in [4.69, 9.17) is 0 Å². The zero-order valence-electron chi connectivity index (χ0n) is 11.0. The van der Waals surface area contributed by atoms with E-state index in [2.05, 4.69) is 36.3 Å². The molecule has 1 aliphatic carbocycles. The Labute approximate surface area is 103 Å². The highest BCUT2D eigenvalue weighted by molar-refractivity contribution is 5.23. The summed E-state index contributed by atoms with van der Waals surface area (Å²) in [5.74, 6) is 0. The number of hydrogen-bond donors (Lipinski definition) is 3. The molecule has 1 aliphatic rings. The second kappa shape index (κ2) is 4.42. The van der Waals surface area contributed by atoms with Crippen LogP contribution in [0.1, 0.15) is 44.9 Å². The number of rotatable bonds is 5. The molecule has 0 spiro atoms. The van der Waals surface area contributed by atoms with Gasteiger partial charge in [0.2, 0.25) is 0 Å². The molecule has 2 rings (SSSR count). The van der Waals surface area contributed by atoms with E-state index < -0.39 is 0 Å². The number of aliphatic hydroxyl groups is 1. The molecular formula is C13H23N3O. The first-order chi connectivity index (χ1) is 7.97. The van der Waals surface area contributed by atoms with Crippen molar-refractivity contribution in [1.82, 2.24) is 15.5 Å². The molecule has 1 saturated carbocycles. The molecule has 0 amide bonds. The molecule has 0 aliphatic heterocycles. The van der Waals surface area contributed by atoms with Crippen molar-refractivity contribution in [3.05, 3.63) is 17.5 Å². The van der Waals surface area contributed by atoms with Crippen molar-refractivity contribution in [3.8, 4) is 0 Å². The monoisotopic (exact) mass is 237 g/mol. The van der Waals surface area contributed by atoms with Crippen molar-refractivity contribution < 1.29 is 5.11 Å². The highest BCUT2D eigenvalue weighted by Crippen LogP contribution is 2.44. The SMILES string of the molecule is CC(C)(C)c1[nH]ncc1CNCC1(CO)CC1. The largest absolute Gasteiger partial charge is 0.396 e. The van der Waals surface area contributed by atoms with Crippen molar-refractivity contribution >= 4 is 0 Å². The van der Waals surface area contributed by atoms with Crippen LogP contribution in [0, 0.1) is 5.41 Å².